The lowest BCUT2D eigenvalue weighted by Gasteiger charge is -2.03. The maximum Gasteiger partial charge on any atom is 0.0170 e. The largest absolute Gasteiger partial charge is 0.122 e. The number of hydrogen-bond acceptors (Lipinski definition) is 1. The van der Waals surface area contributed by atoms with E-state index in [1.54, 1.807) is 10.5 Å². The maximum atomic E-state index is 2.26. The van der Waals surface area contributed by atoms with Crippen LogP contribution in [0.3, 0.4) is 0 Å². The summed E-state index contributed by atoms with van der Waals surface area (Å²) >= 11 is 2.08. The zero-order valence-corrected chi connectivity index (χ0v) is 7.32. The molecule has 0 aromatic heterocycles. The number of thioether (sulfide) groups is 1. The Labute approximate surface area is 71.0 Å². The van der Waals surface area contributed by atoms with E-state index in [0.717, 1.165) is 11.2 Å². The van der Waals surface area contributed by atoms with Gasteiger partial charge in [-0.15, -0.1) is 11.8 Å². The summed E-state index contributed by atoms with van der Waals surface area (Å²) in [7, 11) is 0. The van der Waals surface area contributed by atoms with Gasteiger partial charge in [0.15, 0.2) is 0 Å². The van der Waals surface area contributed by atoms with E-state index in [-0.39, 0.29) is 0 Å². The molecular formula is C10H10S. The van der Waals surface area contributed by atoms with Gasteiger partial charge >= 0.3 is 0 Å². The van der Waals surface area contributed by atoms with E-state index < -0.39 is 0 Å². The van der Waals surface area contributed by atoms with Crippen LogP contribution in [0.2, 0.25) is 0 Å². The first kappa shape index (κ1) is 6.13. The fraction of sp³-hybridized carbons (Fsp3) is 0.400. The molecule has 56 valence electrons. The highest BCUT2D eigenvalue weighted by Crippen LogP contribution is 2.61. The first-order valence-corrected chi connectivity index (χ1v) is 5.00. The van der Waals surface area contributed by atoms with Crippen molar-refractivity contribution in [3.63, 3.8) is 0 Å². The second-order valence-corrected chi connectivity index (χ2v) is 4.77. The SMILES string of the molecule is Cc1cccc2c1C1CC1S2. The fourth-order valence-electron chi connectivity index (χ4n) is 2.00. The topological polar surface area (TPSA) is 0 Å². The Kier molecular flexibility index (Phi) is 1.02. The second kappa shape index (κ2) is 1.84. The van der Waals surface area contributed by atoms with Gasteiger partial charge in [-0.1, -0.05) is 12.1 Å². The summed E-state index contributed by atoms with van der Waals surface area (Å²) in [5.74, 6) is 0.927. The minimum atomic E-state index is 0.927. The maximum absolute atomic E-state index is 2.26. The molecule has 2 atom stereocenters. The summed E-state index contributed by atoms with van der Waals surface area (Å²) in [5.41, 5.74) is 3.16. The number of fused-ring (bicyclic) bond motifs is 3. The molecule has 0 nitrogen and oxygen atoms in total. The smallest absolute Gasteiger partial charge is 0.0170 e. The van der Waals surface area contributed by atoms with Gasteiger partial charge in [-0.25, -0.2) is 0 Å². The van der Waals surface area contributed by atoms with E-state index in [1.165, 1.54) is 12.0 Å². The molecular weight excluding hydrogens is 152 g/mol. The Morgan fingerprint density at radius 1 is 1.45 bits per heavy atom. The minimum Gasteiger partial charge on any atom is -0.122 e. The van der Waals surface area contributed by atoms with E-state index in [9.17, 15) is 0 Å². The summed E-state index contributed by atoms with van der Waals surface area (Å²) in [4.78, 5) is 1.55. The van der Waals surface area contributed by atoms with Gasteiger partial charge in [0, 0.05) is 10.1 Å². The number of benzene rings is 1. The molecule has 1 aromatic carbocycles. The van der Waals surface area contributed by atoms with Crippen molar-refractivity contribution in [2.75, 3.05) is 0 Å². The van der Waals surface area contributed by atoms with E-state index in [0.29, 0.717) is 0 Å². The Bertz CT molecular complexity index is 317. The molecule has 11 heavy (non-hydrogen) atoms. The molecule has 0 amide bonds. The average Bonchev–Trinajstić information content (AvgIpc) is 2.62. The van der Waals surface area contributed by atoms with Crippen LogP contribution in [0.4, 0.5) is 0 Å². The Morgan fingerprint density at radius 2 is 2.36 bits per heavy atom. The van der Waals surface area contributed by atoms with Crippen LogP contribution in [-0.4, -0.2) is 5.25 Å². The number of aryl methyl sites for hydroxylation is 1. The van der Waals surface area contributed by atoms with Gasteiger partial charge in [-0.05, 0) is 36.5 Å². The molecule has 0 saturated heterocycles. The first-order valence-electron chi connectivity index (χ1n) is 4.12. The summed E-state index contributed by atoms with van der Waals surface area (Å²) in [6.45, 7) is 2.24. The molecule has 0 bridgehead atoms. The molecule has 1 aromatic rings. The van der Waals surface area contributed by atoms with Crippen LogP contribution < -0.4 is 0 Å². The highest BCUT2D eigenvalue weighted by Gasteiger charge is 2.46. The standard InChI is InChI=1S/C10H10S/c1-6-3-2-4-8-10(6)7-5-9(7)11-8/h2-4,7,9H,5H2,1H3. The molecule has 1 heterocycles. The van der Waals surface area contributed by atoms with E-state index in [1.807, 2.05) is 0 Å². The van der Waals surface area contributed by atoms with Gasteiger partial charge in [-0.3, -0.25) is 0 Å². The van der Waals surface area contributed by atoms with Crippen LogP contribution in [0.1, 0.15) is 23.5 Å². The summed E-state index contributed by atoms with van der Waals surface area (Å²) in [6.07, 6.45) is 1.43. The Balaban J connectivity index is 2.25. The lowest BCUT2D eigenvalue weighted by atomic mass is 10.1. The molecule has 0 spiro atoms. The van der Waals surface area contributed by atoms with E-state index in [2.05, 4.69) is 36.9 Å². The van der Waals surface area contributed by atoms with Crippen molar-refractivity contribution in [1.82, 2.24) is 0 Å². The van der Waals surface area contributed by atoms with Crippen molar-refractivity contribution in [1.29, 1.82) is 0 Å². The van der Waals surface area contributed by atoms with Gasteiger partial charge < -0.3 is 0 Å². The van der Waals surface area contributed by atoms with Crippen LogP contribution in [0.15, 0.2) is 23.1 Å². The lowest BCUT2D eigenvalue weighted by Crippen LogP contribution is -1.84. The molecule has 1 fully saturated rings. The predicted molar refractivity (Wildman–Crippen MR) is 48.2 cm³/mol. The average molecular weight is 162 g/mol. The van der Waals surface area contributed by atoms with Crippen molar-refractivity contribution >= 4 is 11.8 Å². The minimum absolute atomic E-state index is 0.927. The molecule has 0 N–H and O–H groups in total. The third-order valence-corrected chi connectivity index (χ3v) is 4.10. The molecule has 0 radical (unpaired) electrons. The van der Waals surface area contributed by atoms with Gasteiger partial charge in [-0.2, -0.15) is 0 Å². The van der Waals surface area contributed by atoms with Crippen LogP contribution >= 0.6 is 11.8 Å². The van der Waals surface area contributed by atoms with Gasteiger partial charge in [0.25, 0.3) is 0 Å². The molecule has 1 aliphatic heterocycles. The fourth-order valence-corrected chi connectivity index (χ4v) is 3.53. The van der Waals surface area contributed by atoms with Gasteiger partial charge in [0.2, 0.25) is 0 Å². The monoisotopic (exact) mass is 162 g/mol. The van der Waals surface area contributed by atoms with E-state index >= 15 is 0 Å². The van der Waals surface area contributed by atoms with Crippen molar-refractivity contribution in [2.24, 2.45) is 0 Å². The van der Waals surface area contributed by atoms with Crippen LogP contribution in [0.25, 0.3) is 0 Å². The summed E-state index contributed by atoms with van der Waals surface area (Å²) in [6, 6.07) is 6.67. The molecule has 1 aliphatic carbocycles. The number of rotatable bonds is 0. The molecule has 1 saturated carbocycles. The lowest BCUT2D eigenvalue weighted by molar-refractivity contribution is 1.07. The molecule has 2 aliphatic rings. The molecule has 1 heteroatoms. The summed E-state index contributed by atoms with van der Waals surface area (Å²) < 4.78 is 0. The molecule has 2 unspecified atom stereocenters. The molecule has 3 rings (SSSR count). The zero-order chi connectivity index (χ0) is 7.42. The third kappa shape index (κ3) is 0.721. The highest BCUT2D eigenvalue weighted by molar-refractivity contribution is 8.00. The normalized spacial score (nSPS) is 31.4. The van der Waals surface area contributed by atoms with Crippen molar-refractivity contribution in [3.8, 4) is 0 Å². The third-order valence-electron chi connectivity index (χ3n) is 2.67. The van der Waals surface area contributed by atoms with Crippen molar-refractivity contribution < 1.29 is 0 Å². The van der Waals surface area contributed by atoms with Crippen molar-refractivity contribution in [2.45, 2.75) is 29.4 Å². The van der Waals surface area contributed by atoms with Crippen molar-refractivity contribution in [3.05, 3.63) is 29.3 Å². The van der Waals surface area contributed by atoms with Gasteiger partial charge in [0.1, 0.15) is 0 Å². The van der Waals surface area contributed by atoms with Crippen LogP contribution in [0, 0.1) is 6.92 Å². The zero-order valence-electron chi connectivity index (χ0n) is 6.50. The Morgan fingerprint density at radius 3 is 3.18 bits per heavy atom. The summed E-state index contributed by atoms with van der Waals surface area (Å²) in [5, 5.41) is 0.950. The highest BCUT2D eigenvalue weighted by atomic mass is 32.2. The predicted octanol–water partition coefficient (Wildman–Crippen LogP) is 2.96. The van der Waals surface area contributed by atoms with Gasteiger partial charge in [0.05, 0.1) is 0 Å². The second-order valence-electron chi connectivity index (χ2n) is 3.49. The Hall–Kier alpha value is -0.430. The number of hydrogen-bond donors (Lipinski definition) is 0. The quantitative estimate of drug-likeness (QED) is 0.565. The van der Waals surface area contributed by atoms with Crippen LogP contribution in [-0.2, 0) is 0 Å². The van der Waals surface area contributed by atoms with Crippen LogP contribution in [0.5, 0.6) is 0 Å². The first-order chi connectivity index (χ1) is 5.36. The van der Waals surface area contributed by atoms with E-state index in [4.69, 9.17) is 0 Å².